The molecule has 2 aromatic heterocycles. The lowest BCUT2D eigenvalue weighted by atomic mass is 9.83. The van der Waals surface area contributed by atoms with Crippen molar-refractivity contribution in [2.24, 2.45) is 23.7 Å². The quantitative estimate of drug-likeness (QED) is 0.371. The number of carbonyl (C=O) groups is 3. The van der Waals surface area contributed by atoms with Crippen molar-refractivity contribution in [3.63, 3.8) is 0 Å². The summed E-state index contributed by atoms with van der Waals surface area (Å²) in [6.45, 7) is 8.44. The smallest absolute Gasteiger partial charge is 0.306 e. The zero-order chi connectivity index (χ0) is 27.5. The van der Waals surface area contributed by atoms with Gasteiger partial charge in [0.1, 0.15) is 18.1 Å². The Balaban J connectivity index is 1.87. The summed E-state index contributed by atoms with van der Waals surface area (Å²) in [7, 11) is 0. The fourth-order valence-corrected chi connectivity index (χ4v) is 5.09. The van der Waals surface area contributed by atoms with Gasteiger partial charge in [-0.1, -0.05) is 43.7 Å². The molecule has 0 saturated carbocycles. The van der Waals surface area contributed by atoms with E-state index in [-0.39, 0.29) is 41.5 Å². The van der Waals surface area contributed by atoms with Gasteiger partial charge in [-0.2, -0.15) is 0 Å². The fourth-order valence-electron chi connectivity index (χ4n) is 5.09. The van der Waals surface area contributed by atoms with Gasteiger partial charge in [0.2, 0.25) is 0 Å². The number of aldehydes is 1. The molecule has 0 aromatic carbocycles. The maximum atomic E-state index is 12.9. The Hall–Kier alpha value is -3.42. The molecule has 5 atom stereocenters. The van der Waals surface area contributed by atoms with Crippen LogP contribution in [0.3, 0.4) is 0 Å². The first-order chi connectivity index (χ1) is 18.3. The second-order valence-electron chi connectivity index (χ2n) is 10.6. The predicted octanol–water partition coefficient (Wildman–Crippen LogP) is 5.40. The maximum absolute atomic E-state index is 12.9. The van der Waals surface area contributed by atoms with Crippen molar-refractivity contribution in [3.05, 3.63) is 54.5 Å². The first-order valence-electron chi connectivity index (χ1n) is 13.6. The van der Waals surface area contributed by atoms with Gasteiger partial charge in [0.05, 0.1) is 12.7 Å². The lowest BCUT2D eigenvalue weighted by Crippen LogP contribution is -2.29. The van der Waals surface area contributed by atoms with Gasteiger partial charge in [-0.05, 0) is 62.7 Å². The molecule has 3 rings (SSSR count). The molecule has 0 spiro atoms. The van der Waals surface area contributed by atoms with E-state index in [1.165, 1.54) is 0 Å². The van der Waals surface area contributed by atoms with E-state index in [9.17, 15) is 14.4 Å². The normalized spacial score (nSPS) is 28.2. The van der Waals surface area contributed by atoms with E-state index in [1.807, 2.05) is 51.3 Å². The van der Waals surface area contributed by atoms with Crippen molar-refractivity contribution >= 4 is 18.0 Å². The van der Waals surface area contributed by atoms with E-state index in [4.69, 9.17) is 4.74 Å². The molecule has 2 aromatic rings. The molecule has 38 heavy (non-hydrogen) atoms. The number of aromatic nitrogens is 4. The third-order valence-electron chi connectivity index (χ3n) is 7.22. The van der Waals surface area contributed by atoms with E-state index in [0.29, 0.717) is 38.6 Å². The zero-order valence-electron chi connectivity index (χ0n) is 23.0. The Labute approximate surface area is 225 Å². The third-order valence-corrected chi connectivity index (χ3v) is 7.22. The van der Waals surface area contributed by atoms with E-state index < -0.39 is 0 Å². The fraction of sp³-hybridized carbons (Fsp3) is 0.533. The van der Waals surface area contributed by atoms with Crippen molar-refractivity contribution in [3.8, 4) is 11.3 Å². The van der Waals surface area contributed by atoms with Crippen LogP contribution in [-0.2, 0) is 25.7 Å². The molecule has 0 radical (unpaired) electrons. The summed E-state index contributed by atoms with van der Waals surface area (Å²) in [5, 5.41) is 8.60. The van der Waals surface area contributed by atoms with Crippen LogP contribution in [0.2, 0.25) is 0 Å². The van der Waals surface area contributed by atoms with Crippen LogP contribution in [-0.4, -0.2) is 44.1 Å². The second kappa shape index (κ2) is 14.5. The van der Waals surface area contributed by atoms with Gasteiger partial charge < -0.3 is 9.53 Å². The molecule has 8 nitrogen and oxygen atoms in total. The van der Waals surface area contributed by atoms with Crippen LogP contribution in [0.25, 0.3) is 11.3 Å². The molecule has 0 bridgehead atoms. The molecule has 8 heteroatoms. The molecular weight excluding hydrogens is 480 g/mol. The molecular formula is C30H40N4O4. The minimum absolute atomic E-state index is 0.0563. The number of pyridine rings is 1. The van der Waals surface area contributed by atoms with E-state index in [2.05, 4.69) is 22.2 Å². The number of allylic oxidation sites excluding steroid dienone is 3. The molecule has 0 amide bonds. The summed E-state index contributed by atoms with van der Waals surface area (Å²) in [6, 6.07) is 3.78. The lowest BCUT2D eigenvalue weighted by Gasteiger charge is -2.25. The summed E-state index contributed by atoms with van der Waals surface area (Å²) in [4.78, 5) is 41.1. The number of carbonyl (C=O) groups excluding carboxylic acids is 3. The molecule has 0 N–H and O–H groups in total. The van der Waals surface area contributed by atoms with Crippen molar-refractivity contribution in [1.82, 2.24) is 20.0 Å². The number of esters is 1. The Kier molecular flexibility index (Phi) is 11.1. The molecule has 0 saturated heterocycles. The molecule has 3 heterocycles. The van der Waals surface area contributed by atoms with Crippen LogP contribution in [0, 0.1) is 23.7 Å². The van der Waals surface area contributed by atoms with Gasteiger partial charge in [-0.15, -0.1) is 5.10 Å². The first kappa shape index (κ1) is 29.1. The average Bonchev–Trinajstić information content (AvgIpc) is 3.37. The minimum atomic E-state index is -0.349. The third kappa shape index (κ3) is 8.85. The number of rotatable bonds is 6. The zero-order valence-corrected chi connectivity index (χ0v) is 23.0. The topological polar surface area (TPSA) is 104 Å². The van der Waals surface area contributed by atoms with Crippen LogP contribution in [0.5, 0.6) is 0 Å². The van der Waals surface area contributed by atoms with E-state index in [1.54, 1.807) is 23.2 Å². The summed E-state index contributed by atoms with van der Waals surface area (Å²) >= 11 is 0. The number of hydrogen-bond donors (Lipinski definition) is 0. The van der Waals surface area contributed by atoms with Gasteiger partial charge in [0, 0.05) is 42.6 Å². The van der Waals surface area contributed by atoms with Gasteiger partial charge in [0.15, 0.2) is 5.78 Å². The highest BCUT2D eigenvalue weighted by atomic mass is 16.5. The van der Waals surface area contributed by atoms with Crippen LogP contribution in [0.1, 0.15) is 66.2 Å². The number of hydrogen-bond acceptors (Lipinski definition) is 7. The summed E-state index contributed by atoms with van der Waals surface area (Å²) in [6.07, 6.45) is 14.9. The Morgan fingerprint density at radius 1 is 1.18 bits per heavy atom. The predicted molar refractivity (Wildman–Crippen MR) is 146 cm³/mol. The van der Waals surface area contributed by atoms with Gasteiger partial charge in [-0.25, -0.2) is 0 Å². The highest BCUT2D eigenvalue weighted by molar-refractivity contribution is 5.91. The highest BCUT2D eigenvalue weighted by Crippen LogP contribution is 2.27. The van der Waals surface area contributed by atoms with Crippen molar-refractivity contribution < 1.29 is 19.1 Å². The summed E-state index contributed by atoms with van der Waals surface area (Å²) in [5.74, 6) is -0.116. The molecule has 0 aliphatic carbocycles. The molecule has 204 valence electrons. The molecule has 1 aliphatic rings. The molecule has 1 aliphatic heterocycles. The van der Waals surface area contributed by atoms with Gasteiger partial charge in [-0.3, -0.25) is 19.3 Å². The van der Waals surface area contributed by atoms with Crippen LogP contribution in [0.4, 0.5) is 0 Å². The van der Waals surface area contributed by atoms with Crippen LogP contribution < -0.4 is 0 Å². The Bertz CT molecular complexity index is 1120. The van der Waals surface area contributed by atoms with Crippen molar-refractivity contribution in [2.45, 2.75) is 78.9 Å². The summed E-state index contributed by atoms with van der Waals surface area (Å²) < 4.78 is 7.75. The highest BCUT2D eigenvalue weighted by Gasteiger charge is 2.25. The number of nitrogens with zero attached hydrogens (tertiary/aromatic N) is 4. The number of ether oxygens (including phenoxy) is 1. The average molecular weight is 521 g/mol. The summed E-state index contributed by atoms with van der Waals surface area (Å²) in [5.41, 5.74) is 2.50. The minimum Gasteiger partial charge on any atom is -0.462 e. The lowest BCUT2D eigenvalue weighted by molar-refractivity contribution is -0.151. The SMILES string of the molecule is CCC1OC(=O)CC[C@H](C)C[C@@H](CC=O)C[C@@H](C)C(=O)/C=C/C(C)=C/C1Cn1cc(-c2cccnc2)nn1. The monoisotopic (exact) mass is 520 g/mol. The maximum Gasteiger partial charge on any atom is 0.306 e. The van der Waals surface area contributed by atoms with Crippen molar-refractivity contribution in [2.75, 3.05) is 0 Å². The van der Waals surface area contributed by atoms with E-state index in [0.717, 1.165) is 29.5 Å². The molecule has 2 unspecified atom stereocenters. The number of cyclic esters (lactones) is 1. The van der Waals surface area contributed by atoms with Crippen molar-refractivity contribution in [1.29, 1.82) is 0 Å². The Morgan fingerprint density at radius 2 is 2.00 bits per heavy atom. The molecule has 0 fully saturated rings. The van der Waals surface area contributed by atoms with E-state index >= 15 is 0 Å². The van der Waals surface area contributed by atoms with Crippen LogP contribution >= 0.6 is 0 Å². The first-order valence-corrected chi connectivity index (χ1v) is 13.6. The second-order valence-corrected chi connectivity index (χ2v) is 10.6. The van der Waals surface area contributed by atoms with Crippen LogP contribution in [0.15, 0.2) is 54.5 Å². The van der Waals surface area contributed by atoms with Gasteiger partial charge in [0.25, 0.3) is 0 Å². The van der Waals surface area contributed by atoms with Gasteiger partial charge >= 0.3 is 5.97 Å². The standard InChI is InChI=1S/C30H40N4O4/c1-5-29-26(19-34-20-27(32-33-34)25-7-6-13-31-18-25)16-22(3)8-10-28(36)23(4)17-24(12-14-35)15-21(2)9-11-30(37)38-29/h6-8,10,13-14,16,18,20-21,23-24,26,29H,5,9,11-12,15,17,19H2,1-4H3/b10-8+,22-16+/t21-,23+,24+,26?,29?/m0/s1. The largest absolute Gasteiger partial charge is 0.462 e. The number of ketones is 1. The Morgan fingerprint density at radius 3 is 2.71 bits per heavy atom.